The normalized spacial score (nSPS) is 13.2. The molecule has 1 unspecified atom stereocenters. The Morgan fingerprint density at radius 3 is 2.56 bits per heavy atom. The fraction of sp³-hybridized carbons (Fsp3) is 0.300. The Bertz CT molecular complexity index is 447. The summed E-state index contributed by atoms with van der Waals surface area (Å²) in [6.45, 7) is -1.18. The number of halogens is 5. The van der Waals surface area contributed by atoms with Crippen LogP contribution in [0.5, 0.6) is 5.75 Å². The number of aliphatic carboxylic acids is 1. The van der Waals surface area contributed by atoms with Crippen LogP contribution in [-0.2, 0) is 4.79 Å². The first-order valence-corrected chi connectivity index (χ1v) is 4.97. The van der Waals surface area contributed by atoms with Gasteiger partial charge in [-0.25, -0.2) is 4.39 Å². The second-order valence-electron chi connectivity index (χ2n) is 3.32. The van der Waals surface area contributed by atoms with Crippen molar-refractivity contribution in [1.29, 1.82) is 0 Å². The number of hydrogen-bond donors (Lipinski definition) is 1. The second-order valence-corrected chi connectivity index (χ2v) is 3.73. The molecule has 0 aliphatic rings. The van der Waals surface area contributed by atoms with E-state index in [0.29, 0.717) is 0 Å². The van der Waals surface area contributed by atoms with Gasteiger partial charge in [0.05, 0.1) is 5.02 Å². The van der Waals surface area contributed by atoms with E-state index in [4.69, 9.17) is 16.7 Å². The highest BCUT2D eigenvalue weighted by Gasteiger charge is 2.45. The van der Waals surface area contributed by atoms with Crippen LogP contribution in [0.3, 0.4) is 0 Å². The Kier molecular flexibility index (Phi) is 4.39. The van der Waals surface area contributed by atoms with E-state index in [1.165, 1.54) is 0 Å². The first-order chi connectivity index (χ1) is 8.21. The minimum Gasteiger partial charge on any atom is -0.491 e. The van der Waals surface area contributed by atoms with E-state index in [2.05, 4.69) is 4.74 Å². The van der Waals surface area contributed by atoms with Gasteiger partial charge in [-0.2, -0.15) is 13.2 Å². The average molecular weight is 287 g/mol. The molecule has 8 heteroatoms. The van der Waals surface area contributed by atoms with Crippen LogP contribution < -0.4 is 4.74 Å². The van der Waals surface area contributed by atoms with Crippen LogP contribution in [0.25, 0.3) is 0 Å². The van der Waals surface area contributed by atoms with Crippen LogP contribution in [0, 0.1) is 11.7 Å². The molecule has 18 heavy (non-hydrogen) atoms. The summed E-state index contributed by atoms with van der Waals surface area (Å²) in [5, 5.41) is 8.30. The van der Waals surface area contributed by atoms with Crippen molar-refractivity contribution < 1.29 is 32.2 Å². The highest BCUT2D eigenvalue weighted by Crippen LogP contribution is 2.30. The van der Waals surface area contributed by atoms with Crippen molar-refractivity contribution in [3.05, 3.63) is 29.0 Å². The first-order valence-electron chi connectivity index (χ1n) is 4.59. The summed E-state index contributed by atoms with van der Waals surface area (Å²) in [4.78, 5) is 10.4. The minimum atomic E-state index is -4.95. The van der Waals surface area contributed by atoms with Gasteiger partial charge in [-0.05, 0) is 12.1 Å². The molecule has 0 saturated carbocycles. The van der Waals surface area contributed by atoms with Gasteiger partial charge in [0.25, 0.3) is 0 Å². The number of alkyl halides is 3. The molecule has 0 saturated heterocycles. The van der Waals surface area contributed by atoms with E-state index in [-0.39, 0.29) is 10.8 Å². The second kappa shape index (κ2) is 5.43. The summed E-state index contributed by atoms with van der Waals surface area (Å²) in [7, 11) is 0. The largest absolute Gasteiger partial charge is 0.491 e. The first kappa shape index (κ1) is 14.6. The molecule has 3 nitrogen and oxygen atoms in total. The van der Waals surface area contributed by atoms with Crippen LogP contribution in [0.2, 0.25) is 5.02 Å². The monoisotopic (exact) mass is 286 g/mol. The molecule has 0 spiro atoms. The van der Waals surface area contributed by atoms with Crippen LogP contribution in [-0.4, -0.2) is 23.9 Å². The molecule has 0 aliphatic heterocycles. The summed E-state index contributed by atoms with van der Waals surface area (Å²) >= 11 is 5.55. The molecule has 0 fully saturated rings. The number of carbonyl (C=O) groups is 1. The number of carboxylic acid groups (broad SMARTS) is 1. The summed E-state index contributed by atoms with van der Waals surface area (Å²) in [5.41, 5.74) is 0. The molecule has 0 heterocycles. The number of benzene rings is 1. The summed E-state index contributed by atoms with van der Waals surface area (Å²) in [6, 6.07) is 2.86. The van der Waals surface area contributed by atoms with Crippen molar-refractivity contribution in [3.8, 4) is 5.75 Å². The number of ether oxygens (including phenoxy) is 1. The van der Waals surface area contributed by atoms with Gasteiger partial charge in [0, 0.05) is 6.07 Å². The van der Waals surface area contributed by atoms with Gasteiger partial charge in [0.2, 0.25) is 0 Å². The lowest BCUT2D eigenvalue weighted by Crippen LogP contribution is -2.35. The fourth-order valence-electron chi connectivity index (χ4n) is 1.07. The van der Waals surface area contributed by atoms with Gasteiger partial charge in [-0.15, -0.1) is 0 Å². The van der Waals surface area contributed by atoms with Gasteiger partial charge >= 0.3 is 12.1 Å². The SMILES string of the molecule is O=C(O)C(COc1cc(F)ccc1Cl)C(F)(F)F. The molecule has 1 atom stereocenters. The zero-order chi connectivity index (χ0) is 13.9. The Hall–Kier alpha value is -1.50. The zero-order valence-corrected chi connectivity index (χ0v) is 9.43. The number of rotatable bonds is 4. The van der Waals surface area contributed by atoms with Crippen molar-refractivity contribution in [3.63, 3.8) is 0 Å². The van der Waals surface area contributed by atoms with Crippen molar-refractivity contribution in [2.75, 3.05) is 6.61 Å². The van der Waals surface area contributed by atoms with Crippen LogP contribution in [0.1, 0.15) is 0 Å². The van der Waals surface area contributed by atoms with E-state index < -0.39 is 30.5 Å². The van der Waals surface area contributed by atoms with E-state index in [1.807, 2.05) is 0 Å². The Labute approximate surface area is 104 Å². The maximum absolute atomic E-state index is 12.8. The van der Waals surface area contributed by atoms with E-state index in [1.54, 1.807) is 0 Å². The zero-order valence-electron chi connectivity index (χ0n) is 8.67. The van der Waals surface area contributed by atoms with E-state index in [9.17, 15) is 22.4 Å². The smallest absolute Gasteiger partial charge is 0.405 e. The molecule has 0 aromatic heterocycles. The molecule has 1 aromatic carbocycles. The topological polar surface area (TPSA) is 46.5 Å². The lowest BCUT2D eigenvalue weighted by molar-refractivity contribution is -0.198. The van der Waals surface area contributed by atoms with E-state index >= 15 is 0 Å². The third-order valence-electron chi connectivity index (χ3n) is 1.99. The van der Waals surface area contributed by atoms with Gasteiger partial charge < -0.3 is 9.84 Å². The molecule has 0 aliphatic carbocycles. The Morgan fingerprint density at radius 2 is 2.06 bits per heavy atom. The lowest BCUT2D eigenvalue weighted by atomic mass is 10.1. The molecule has 1 aromatic rings. The predicted molar refractivity (Wildman–Crippen MR) is 54.1 cm³/mol. The summed E-state index contributed by atoms with van der Waals surface area (Å²) in [5.74, 6) is -5.87. The molecular formula is C10H7ClF4O3. The highest BCUT2D eigenvalue weighted by molar-refractivity contribution is 6.32. The maximum Gasteiger partial charge on any atom is 0.405 e. The third-order valence-corrected chi connectivity index (χ3v) is 2.30. The molecule has 0 radical (unpaired) electrons. The molecule has 0 amide bonds. The van der Waals surface area contributed by atoms with Gasteiger partial charge in [-0.1, -0.05) is 11.6 Å². The van der Waals surface area contributed by atoms with Gasteiger partial charge in [-0.3, -0.25) is 4.79 Å². The quantitative estimate of drug-likeness (QED) is 0.865. The fourth-order valence-corrected chi connectivity index (χ4v) is 1.24. The van der Waals surface area contributed by atoms with Crippen LogP contribution in [0.4, 0.5) is 17.6 Å². The van der Waals surface area contributed by atoms with E-state index in [0.717, 1.165) is 18.2 Å². The molecule has 0 bridgehead atoms. The van der Waals surface area contributed by atoms with Gasteiger partial charge in [0.15, 0.2) is 5.92 Å². The minimum absolute atomic E-state index is 0.109. The third kappa shape index (κ3) is 3.76. The summed E-state index contributed by atoms with van der Waals surface area (Å²) < 4.78 is 54.2. The van der Waals surface area contributed by atoms with Crippen molar-refractivity contribution in [2.24, 2.45) is 5.92 Å². The van der Waals surface area contributed by atoms with Crippen molar-refractivity contribution in [1.82, 2.24) is 0 Å². The molecular weight excluding hydrogens is 280 g/mol. The Balaban J connectivity index is 2.79. The van der Waals surface area contributed by atoms with Crippen molar-refractivity contribution >= 4 is 17.6 Å². The lowest BCUT2D eigenvalue weighted by Gasteiger charge is -2.17. The molecule has 1 rings (SSSR count). The average Bonchev–Trinajstić information content (AvgIpc) is 2.20. The van der Waals surface area contributed by atoms with Gasteiger partial charge in [0.1, 0.15) is 18.2 Å². The Morgan fingerprint density at radius 1 is 1.44 bits per heavy atom. The van der Waals surface area contributed by atoms with Crippen LogP contribution >= 0.6 is 11.6 Å². The molecule has 1 N–H and O–H groups in total. The summed E-state index contributed by atoms with van der Waals surface area (Å²) in [6.07, 6.45) is -4.95. The molecule has 100 valence electrons. The standard InChI is InChI=1S/C10H7ClF4O3/c11-7-2-1-5(12)3-8(7)18-4-6(9(16)17)10(13,14)15/h1-3,6H,4H2,(H,16,17). The number of carboxylic acids is 1. The maximum atomic E-state index is 12.8. The predicted octanol–water partition coefficient (Wildman–Crippen LogP) is 3.12. The van der Waals surface area contributed by atoms with Crippen LogP contribution in [0.15, 0.2) is 18.2 Å². The number of hydrogen-bond acceptors (Lipinski definition) is 2. The van der Waals surface area contributed by atoms with Crippen molar-refractivity contribution in [2.45, 2.75) is 6.18 Å². The highest BCUT2D eigenvalue weighted by atomic mass is 35.5.